The molecule has 1 fully saturated rings. The van der Waals surface area contributed by atoms with Crippen LogP contribution in [0.15, 0.2) is 18.2 Å². The highest BCUT2D eigenvalue weighted by Crippen LogP contribution is 2.30. The molecule has 1 amide bonds. The number of hydrogen-bond donors (Lipinski definition) is 2. The molecule has 0 spiro atoms. The monoisotopic (exact) mass is 316 g/mol. The summed E-state index contributed by atoms with van der Waals surface area (Å²) < 4.78 is 0. The number of hydrogen-bond acceptors (Lipinski definition) is 2. The van der Waals surface area contributed by atoms with Gasteiger partial charge in [-0.05, 0) is 31.0 Å². The van der Waals surface area contributed by atoms with Crippen molar-refractivity contribution in [3.8, 4) is 0 Å². The van der Waals surface area contributed by atoms with Gasteiger partial charge < -0.3 is 11.1 Å². The fourth-order valence-corrected chi connectivity index (χ4v) is 2.89. The summed E-state index contributed by atoms with van der Waals surface area (Å²) in [6.45, 7) is 0. The van der Waals surface area contributed by atoms with E-state index in [1.807, 2.05) is 0 Å². The summed E-state index contributed by atoms with van der Waals surface area (Å²) in [6.07, 6.45) is 3.60. The predicted octanol–water partition coefficient (Wildman–Crippen LogP) is 3.32. The van der Waals surface area contributed by atoms with Crippen LogP contribution in [0.5, 0.6) is 0 Å². The van der Waals surface area contributed by atoms with E-state index in [1.165, 1.54) is 0 Å². The molecule has 0 radical (unpaired) electrons. The standard InChI is InChI=1S/C13H14Cl2N2OS/c14-9-4-3-8(7-10(9)15)11(18)17-13(12(16)19)5-1-2-6-13/h3-4,7H,1-2,5-6H2,(H2,16,19)(H,17,18). The minimum Gasteiger partial charge on any atom is -0.391 e. The van der Waals surface area contributed by atoms with Crippen molar-refractivity contribution in [2.75, 3.05) is 0 Å². The molecule has 6 heteroatoms. The molecule has 3 nitrogen and oxygen atoms in total. The molecule has 1 aliphatic carbocycles. The smallest absolute Gasteiger partial charge is 0.252 e. The SMILES string of the molecule is NC(=S)C1(NC(=O)c2ccc(Cl)c(Cl)c2)CCCC1. The molecule has 1 aromatic rings. The lowest BCUT2D eigenvalue weighted by Crippen LogP contribution is -2.54. The van der Waals surface area contributed by atoms with E-state index in [4.69, 9.17) is 41.2 Å². The molecule has 0 aliphatic heterocycles. The Bertz CT molecular complexity index is 527. The van der Waals surface area contributed by atoms with Gasteiger partial charge in [-0.3, -0.25) is 4.79 Å². The first-order valence-corrected chi connectivity index (χ1v) is 7.18. The zero-order valence-electron chi connectivity index (χ0n) is 10.2. The van der Waals surface area contributed by atoms with Gasteiger partial charge in [-0.1, -0.05) is 48.3 Å². The Hall–Kier alpha value is -0.840. The van der Waals surface area contributed by atoms with Gasteiger partial charge in [0.15, 0.2) is 0 Å². The van der Waals surface area contributed by atoms with Gasteiger partial charge in [-0.25, -0.2) is 0 Å². The van der Waals surface area contributed by atoms with Crippen LogP contribution in [-0.4, -0.2) is 16.4 Å². The summed E-state index contributed by atoms with van der Waals surface area (Å²) in [6, 6.07) is 4.77. The van der Waals surface area contributed by atoms with Gasteiger partial charge in [0.2, 0.25) is 0 Å². The van der Waals surface area contributed by atoms with Crippen molar-refractivity contribution in [1.29, 1.82) is 0 Å². The van der Waals surface area contributed by atoms with Gasteiger partial charge >= 0.3 is 0 Å². The van der Waals surface area contributed by atoms with Crippen molar-refractivity contribution >= 4 is 46.3 Å². The first kappa shape index (κ1) is 14.6. The highest BCUT2D eigenvalue weighted by Gasteiger charge is 2.38. The maximum atomic E-state index is 12.2. The van der Waals surface area contributed by atoms with Gasteiger partial charge in [0.1, 0.15) is 0 Å². The molecule has 2 rings (SSSR count). The van der Waals surface area contributed by atoms with E-state index in [0.29, 0.717) is 20.6 Å². The van der Waals surface area contributed by atoms with Gasteiger partial charge in [0.05, 0.1) is 20.6 Å². The number of carbonyl (C=O) groups is 1. The Morgan fingerprint density at radius 3 is 2.42 bits per heavy atom. The number of benzene rings is 1. The normalized spacial score (nSPS) is 17.2. The van der Waals surface area contributed by atoms with Crippen LogP contribution in [0, 0.1) is 0 Å². The predicted molar refractivity (Wildman–Crippen MR) is 81.9 cm³/mol. The summed E-state index contributed by atoms with van der Waals surface area (Å²) in [5, 5.41) is 3.72. The Morgan fingerprint density at radius 2 is 1.89 bits per heavy atom. The van der Waals surface area contributed by atoms with Crippen molar-refractivity contribution in [2.24, 2.45) is 5.73 Å². The summed E-state index contributed by atoms with van der Waals surface area (Å²) in [4.78, 5) is 12.6. The van der Waals surface area contributed by atoms with Crippen molar-refractivity contribution in [3.63, 3.8) is 0 Å². The van der Waals surface area contributed by atoms with Crippen molar-refractivity contribution in [2.45, 2.75) is 31.2 Å². The largest absolute Gasteiger partial charge is 0.391 e. The molecule has 1 saturated carbocycles. The fraction of sp³-hybridized carbons (Fsp3) is 0.385. The van der Waals surface area contributed by atoms with Gasteiger partial charge in [0, 0.05) is 5.56 Å². The Labute approximate surface area is 127 Å². The topological polar surface area (TPSA) is 55.1 Å². The zero-order valence-corrected chi connectivity index (χ0v) is 12.5. The van der Waals surface area contributed by atoms with Gasteiger partial charge in [-0.15, -0.1) is 0 Å². The zero-order chi connectivity index (χ0) is 14.0. The number of halogens is 2. The van der Waals surface area contributed by atoms with Crippen molar-refractivity contribution < 1.29 is 4.79 Å². The highest BCUT2D eigenvalue weighted by atomic mass is 35.5. The van der Waals surface area contributed by atoms with Crippen LogP contribution in [0.25, 0.3) is 0 Å². The number of nitrogens with two attached hydrogens (primary N) is 1. The Balaban J connectivity index is 2.20. The lowest BCUT2D eigenvalue weighted by molar-refractivity contribution is 0.0924. The average Bonchev–Trinajstić information content (AvgIpc) is 2.82. The summed E-state index contributed by atoms with van der Waals surface area (Å²) in [7, 11) is 0. The van der Waals surface area contributed by atoms with E-state index in [-0.39, 0.29) is 5.91 Å². The summed E-state index contributed by atoms with van der Waals surface area (Å²) >= 11 is 16.8. The minimum absolute atomic E-state index is 0.228. The van der Waals surface area contributed by atoms with Crippen LogP contribution in [0.2, 0.25) is 10.0 Å². The molecule has 1 aromatic carbocycles. The molecule has 0 unspecified atom stereocenters. The van der Waals surface area contributed by atoms with Crippen LogP contribution in [0.3, 0.4) is 0 Å². The second-order valence-electron chi connectivity index (χ2n) is 4.74. The molecule has 0 saturated heterocycles. The van der Waals surface area contributed by atoms with Crippen molar-refractivity contribution in [3.05, 3.63) is 33.8 Å². The van der Waals surface area contributed by atoms with Crippen LogP contribution in [-0.2, 0) is 0 Å². The number of thiocarbonyl (C=S) groups is 1. The average molecular weight is 317 g/mol. The van der Waals surface area contributed by atoms with Gasteiger partial charge in [-0.2, -0.15) is 0 Å². The maximum absolute atomic E-state index is 12.2. The second kappa shape index (κ2) is 5.65. The van der Waals surface area contributed by atoms with E-state index in [0.717, 1.165) is 25.7 Å². The quantitative estimate of drug-likeness (QED) is 0.841. The molecule has 0 heterocycles. The lowest BCUT2D eigenvalue weighted by Gasteiger charge is -2.29. The fourth-order valence-electron chi connectivity index (χ4n) is 2.34. The van der Waals surface area contributed by atoms with Crippen LogP contribution in [0.1, 0.15) is 36.0 Å². The van der Waals surface area contributed by atoms with E-state index < -0.39 is 5.54 Å². The van der Waals surface area contributed by atoms with E-state index >= 15 is 0 Å². The highest BCUT2D eigenvalue weighted by molar-refractivity contribution is 7.80. The molecule has 3 N–H and O–H groups in total. The lowest BCUT2D eigenvalue weighted by atomic mass is 9.97. The summed E-state index contributed by atoms with van der Waals surface area (Å²) in [5.74, 6) is -0.228. The third-order valence-electron chi connectivity index (χ3n) is 3.46. The van der Waals surface area contributed by atoms with Gasteiger partial charge in [0.25, 0.3) is 5.91 Å². The first-order valence-electron chi connectivity index (χ1n) is 6.02. The molecule has 0 atom stereocenters. The number of amides is 1. The Morgan fingerprint density at radius 1 is 1.26 bits per heavy atom. The van der Waals surface area contributed by atoms with Crippen LogP contribution >= 0.6 is 35.4 Å². The van der Waals surface area contributed by atoms with E-state index in [9.17, 15) is 4.79 Å². The third kappa shape index (κ3) is 3.02. The summed E-state index contributed by atoms with van der Waals surface area (Å²) in [5.41, 5.74) is 5.68. The molecule has 0 aromatic heterocycles. The molecule has 0 bridgehead atoms. The third-order valence-corrected chi connectivity index (χ3v) is 4.59. The van der Waals surface area contributed by atoms with Crippen molar-refractivity contribution in [1.82, 2.24) is 5.32 Å². The molecule has 102 valence electrons. The van der Waals surface area contributed by atoms with Crippen LogP contribution < -0.4 is 11.1 Å². The van der Waals surface area contributed by atoms with E-state index in [2.05, 4.69) is 5.32 Å². The van der Waals surface area contributed by atoms with Crippen LogP contribution in [0.4, 0.5) is 0 Å². The molecular weight excluding hydrogens is 303 g/mol. The molecular formula is C13H14Cl2N2OS. The van der Waals surface area contributed by atoms with E-state index in [1.54, 1.807) is 18.2 Å². The maximum Gasteiger partial charge on any atom is 0.252 e. The number of rotatable bonds is 3. The Kier molecular flexibility index (Phi) is 4.33. The first-order chi connectivity index (χ1) is 8.94. The molecule has 1 aliphatic rings. The number of carbonyl (C=O) groups excluding carboxylic acids is 1. The number of nitrogens with one attached hydrogen (secondary N) is 1. The molecule has 19 heavy (non-hydrogen) atoms. The minimum atomic E-state index is -0.557. The second-order valence-corrected chi connectivity index (χ2v) is 5.99.